The highest BCUT2D eigenvalue weighted by Gasteiger charge is 2.39. The van der Waals surface area contributed by atoms with Crippen molar-refractivity contribution in [2.75, 3.05) is 7.11 Å². The topological polar surface area (TPSA) is 83.1 Å². The van der Waals surface area contributed by atoms with Crippen LogP contribution in [0.25, 0.3) is 11.2 Å². The summed E-state index contributed by atoms with van der Waals surface area (Å²) in [6.45, 7) is 0. The van der Waals surface area contributed by atoms with Gasteiger partial charge < -0.3 is 4.84 Å². The molecule has 0 saturated heterocycles. The van der Waals surface area contributed by atoms with Gasteiger partial charge in [-0.25, -0.2) is 9.97 Å². The Bertz CT molecular complexity index is 622. The van der Waals surface area contributed by atoms with E-state index in [2.05, 4.69) is 14.8 Å². The quantitative estimate of drug-likeness (QED) is 0.603. The van der Waals surface area contributed by atoms with E-state index in [9.17, 15) is 23.3 Å². The van der Waals surface area contributed by atoms with Crippen molar-refractivity contribution >= 4 is 16.9 Å². The Kier molecular flexibility index (Phi) is 2.56. The number of hydrogen-bond donors (Lipinski definition) is 0. The summed E-state index contributed by atoms with van der Waals surface area (Å²) >= 11 is 0. The molecule has 2 rings (SSSR count). The van der Waals surface area contributed by atoms with Crippen LogP contribution in [0.2, 0.25) is 0 Å². The third kappa shape index (κ3) is 1.81. The van der Waals surface area contributed by atoms with Crippen molar-refractivity contribution < 1.29 is 22.9 Å². The molecule has 0 amide bonds. The summed E-state index contributed by atoms with van der Waals surface area (Å²) in [6, 6.07) is 0.911. The molecule has 0 aliphatic carbocycles. The number of halogens is 3. The maximum atomic E-state index is 12.6. The average Bonchev–Trinajstić information content (AvgIpc) is 2.65. The molecule has 2 aromatic rings. The second kappa shape index (κ2) is 3.82. The highest BCUT2D eigenvalue weighted by molar-refractivity contribution is 5.73. The molecule has 96 valence electrons. The van der Waals surface area contributed by atoms with E-state index in [0.717, 1.165) is 19.4 Å². The van der Waals surface area contributed by atoms with Crippen molar-refractivity contribution in [3.8, 4) is 0 Å². The standard InChI is InChI=1S/C8H5F3N4O3/c1-18-14-5-2-4(15(16)17)3-12-6(5)13-7(14)8(9,10)11/h2-3H,1H3. The lowest BCUT2D eigenvalue weighted by molar-refractivity contribution is -0.385. The van der Waals surface area contributed by atoms with Crippen molar-refractivity contribution in [3.63, 3.8) is 0 Å². The Labute approximate surface area is 96.9 Å². The van der Waals surface area contributed by atoms with Gasteiger partial charge in [0.2, 0.25) is 0 Å². The molecule has 0 fully saturated rings. The van der Waals surface area contributed by atoms with Gasteiger partial charge in [-0.05, 0) is 0 Å². The first-order chi connectivity index (χ1) is 8.34. The fourth-order valence-corrected chi connectivity index (χ4v) is 1.39. The zero-order valence-electron chi connectivity index (χ0n) is 8.80. The minimum atomic E-state index is -4.74. The predicted molar refractivity (Wildman–Crippen MR) is 51.7 cm³/mol. The summed E-state index contributed by atoms with van der Waals surface area (Å²) in [7, 11) is 0.995. The first-order valence-electron chi connectivity index (χ1n) is 4.49. The Morgan fingerprint density at radius 3 is 2.67 bits per heavy atom. The summed E-state index contributed by atoms with van der Waals surface area (Å²) in [4.78, 5) is 21.0. The van der Waals surface area contributed by atoms with E-state index in [1.165, 1.54) is 0 Å². The third-order valence-electron chi connectivity index (χ3n) is 2.10. The molecule has 0 radical (unpaired) electrons. The monoisotopic (exact) mass is 262 g/mol. The zero-order valence-corrected chi connectivity index (χ0v) is 8.80. The van der Waals surface area contributed by atoms with Gasteiger partial charge in [0.15, 0.2) is 5.65 Å². The van der Waals surface area contributed by atoms with Gasteiger partial charge in [-0.2, -0.15) is 17.9 Å². The fourth-order valence-electron chi connectivity index (χ4n) is 1.39. The molecule has 0 saturated carbocycles. The van der Waals surface area contributed by atoms with Crippen LogP contribution in [0.15, 0.2) is 12.3 Å². The predicted octanol–water partition coefficient (Wildman–Crippen LogP) is 1.42. The number of imidazole rings is 1. The highest BCUT2D eigenvalue weighted by Crippen LogP contribution is 2.31. The summed E-state index contributed by atoms with van der Waals surface area (Å²) in [6.07, 6.45) is -3.92. The lowest BCUT2D eigenvalue weighted by Crippen LogP contribution is -2.18. The van der Waals surface area contributed by atoms with Gasteiger partial charge in [-0.15, -0.1) is 0 Å². The second-order valence-electron chi connectivity index (χ2n) is 3.20. The Balaban J connectivity index is 2.74. The number of nitrogens with zero attached hydrogens (tertiary/aromatic N) is 4. The van der Waals surface area contributed by atoms with E-state index in [1.807, 2.05) is 0 Å². The molecule has 7 nitrogen and oxygen atoms in total. The van der Waals surface area contributed by atoms with Crippen molar-refractivity contribution in [3.05, 3.63) is 28.2 Å². The van der Waals surface area contributed by atoms with E-state index >= 15 is 0 Å². The fraction of sp³-hybridized carbons (Fsp3) is 0.250. The summed E-state index contributed by atoms with van der Waals surface area (Å²) < 4.78 is 38.2. The average molecular weight is 262 g/mol. The molecule has 0 bridgehead atoms. The van der Waals surface area contributed by atoms with Crippen LogP contribution in [0.1, 0.15) is 5.82 Å². The van der Waals surface area contributed by atoms with E-state index in [4.69, 9.17) is 0 Å². The van der Waals surface area contributed by atoms with Crippen molar-refractivity contribution in [2.24, 2.45) is 0 Å². The van der Waals surface area contributed by atoms with E-state index in [-0.39, 0.29) is 11.2 Å². The Morgan fingerprint density at radius 1 is 1.50 bits per heavy atom. The van der Waals surface area contributed by atoms with Crippen LogP contribution in [0.5, 0.6) is 0 Å². The van der Waals surface area contributed by atoms with E-state index < -0.39 is 22.6 Å². The maximum Gasteiger partial charge on any atom is 0.453 e. The van der Waals surface area contributed by atoms with Crippen LogP contribution in [0.3, 0.4) is 0 Å². The van der Waals surface area contributed by atoms with Gasteiger partial charge in [0.25, 0.3) is 11.5 Å². The van der Waals surface area contributed by atoms with Gasteiger partial charge in [0, 0.05) is 6.07 Å². The van der Waals surface area contributed by atoms with Crippen LogP contribution in [-0.4, -0.2) is 26.7 Å². The highest BCUT2D eigenvalue weighted by atomic mass is 19.4. The SMILES string of the molecule is COn1c(C(F)(F)F)nc2ncc([N+](=O)[O-])cc21. The first-order valence-corrected chi connectivity index (χ1v) is 4.49. The van der Waals surface area contributed by atoms with E-state index in [1.54, 1.807) is 0 Å². The van der Waals surface area contributed by atoms with Gasteiger partial charge >= 0.3 is 6.18 Å². The third-order valence-corrected chi connectivity index (χ3v) is 2.10. The first kappa shape index (κ1) is 12.1. The summed E-state index contributed by atoms with van der Waals surface area (Å²) in [5.41, 5.74) is -0.955. The van der Waals surface area contributed by atoms with E-state index in [0.29, 0.717) is 4.73 Å². The van der Waals surface area contributed by atoms with Crippen molar-refractivity contribution in [2.45, 2.75) is 6.18 Å². The summed E-state index contributed by atoms with van der Waals surface area (Å²) in [5.74, 6) is -1.33. The zero-order chi connectivity index (χ0) is 13.5. The number of aromatic nitrogens is 3. The molecule has 0 atom stereocenters. The van der Waals surface area contributed by atoms with Gasteiger partial charge in [0.05, 0.1) is 4.92 Å². The number of fused-ring (bicyclic) bond motifs is 1. The Morgan fingerprint density at radius 2 is 2.17 bits per heavy atom. The molecule has 2 aromatic heterocycles. The van der Waals surface area contributed by atoms with Crippen LogP contribution in [0.4, 0.5) is 18.9 Å². The maximum absolute atomic E-state index is 12.6. The van der Waals surface area contributed by atoms with Crippen LogP contribution >= 0.6 is 0 Å². The summed E-state index contributed by atoms with van der Waals surface area (Å²) in [5, 5.41) is 10.5. The van der Waals surface area contributed by atoms with Crippen LogP contribution in [-0.2, 0) is 6.18 Å². The second-order valence-corrected chi connectivity index (χ2v) is 3.20. The molecule has 0 aromatic carbocycles. The molecule has 2 heterocycles. The van der Waals surface area contributed by atoms with Crippen LogP contribution < -0.4 is 4.84 Å². The minimum absolute atomic E-state index is 0.223. The smallest absolute Gasteiger partial charge is 0.415 e. The lowest BCUT2D eigenvalue weighted by atomic mass is 10.4. The minimum Gasteiger partial charge on any atom is -0.415 e. The normalized spacial score (nSPS) is 11.8. The number of nitro groups is 1. The molecule has 0 spiro atoms. The number of rotatable bonds is 2. The number of alkyl halides is 3. The molecule has 18 heavy (non-hydrogen) atoms. The largest absolute Gasteiger partial charge is 0.453 e. The van der Waals surface area contributed by atoms with Crippen molar-refractivity contribution in [1.29, 1.82) is 0 Å². The van der Waals surface area contributed by atoms with Gasteiger partial charge in [-0.3, -0.25) is 10.1 Å². The lowest BCUT2D eigenvalue weighted by Gasteiger charge is -2.08. The van der Waals surface area contributed by atoms with Crippen molar-refractivity contribution in [1.82, 2.24) is 14.7 Å². The molecule has 0 aliphatic rings. The molecule has 0 aliphatic heterocycles. The molecular weight excluding hydrogens is 257 g/mol. The van der Waals surface area contributed by atoms with Crippen LogP contribution in [0, 0.1) is 10.1 Å². The Hall–Kier alpha value is -2.39. The van der Waals surface area contributed by atoms with Gasteiger partial charge in [0.1, 0.15) is 18.8 Å². The molecular formula is C8H5F3N4O3. The molecule has 0 unspecified atom stereocenters. The molecule has 0 N–H and O–H groups in total. The van der Waals surface area contributed by atoms with Gasteiger partial charge in [-0.1, -0.05) is 0 Å². The molecule has 10 heteroatoms. The number of pyridine rings is 1. The number of hydrogen-bond acceptors (Lipinski definition) is 5.